The van der Waals surface area contributed by atoms with Crippen LogP contribution in [-0.2, 0) is 28.2 Å². The fourth-order valence-corrected chi connectivity index (χ4v) is 4.76. The lowest BCUT2D eigenvalue weighted by molar-refractivity contribution is -0.193. The average molecular weight is 591 g/mol. The quantitative estimate of drug-likeness (QED) is 0.417. The van der Waals surface area contributed by atoms with Gasteiger partial charge in [-0.25, -0.2) is 14.6 Å². The van der Waals surface area contributed by atoms with Crippen LogP contribution in [-0.4, -0.2) is 80.5 Å². The number of rotatable bonds is 3. The lowest BCUT2D eigenvalue weighted by Crippen LogP contribution is -2.56. The molecular weight excluding hydrogens is 562 g/mol. The van der Waals surface area contributed by atoms with Gasteiger partial charge in [0.1, 0.15) is 11.6 Å². The number of carbonyl (C=O) groups is 2. The molecule has 0 radical (unpaired) electrons. The molecule has 224 valence electrons. The number of likely N-dealkylation sites (tertiary alicyclic amines) is 1. The molecule has 0 bridgehead atoms. The van der Waals surface area contributed by atoms with Gasteiger partial charge in [0.2, 0.25) is 0 Å². The van der Waals surface area contributed by atoms with Crippen LogP contribution in [0.5, 0.6) is 0 Å². The van der Waals surface area contributed by atoms with Crippen LogP contribution in [0.4, 0.5) is 26.3 Å². The molecule has 1 aromatic carbocycles. The van der Waals surface area contributed by atoms with E-state index in [-0.39, 0.29) is 5.54 Å². The third kappa shape index (κ3) is 7.88. The van der Waals surface area contributed by atoms with Gasteiger partial charge in [-0.2, -0.15) is 26.3 Å². The standard InChI is InChI=1S/C22H26N4O.2C2HF3O2/c1-24-13-14-26-20(18-6-3-2-4-7-18)16-23-21(26)22(24)9-11-25(12-10-22)17-19-8-5-15-27-19;2*3-2(4,5)1(6)7/h2-8,15-16H,9-14,17H2,1H3;2*(H,6,7). The van der Waals surface area contributed by atoms with Crippen LogP contribution < -0.4 is 0 Å². The predicted molar refractivity (Wildman–Crippen MR) is 133 cm³/mol. The Balaban J connectivity index is 0.000000276. The summed E-state index contributed by atoms with van der Waals surface area (Å²) in [6, 6.07) is 14.7. The smallest absolute Gasteiger partial charge is 0.475 e. The van der Waals surface area contributed by atoms with Gasteiger partial charge >= 0.3 is 24.3 Å². The molecule has 0 aliphatic carbocycles. The topological polar surface area (TPSA) is 112 Å². The molecule has 2 N–H and O–H groups in total. The number of furan rings is 1. The number of hydrogen-bond acceptors (Lipinski definition) is 6. The van der Waals surface area contributed by atoms with E-state index in [1.54, 1.807) is 6.26 Å². The second kappa shape index (κ2) is 12.8. The Kier molecular flexibility index (Phi) is 9.86. The number of alkyl halides is 6. The van der Waals surface area contributed by atoms with E-state index in [4.69, 9.17) is 29.2 Å². The van der Waals surface area contributed by atoms with Gasteiger partial charge in [0, 0.05) is 26.2 Å². The predicted octanol–water partition coefficient (Wildman–Crippen LogP) is 4.85. The second-order valence-electron chi connectivity index (χ2n) is 9.40. The van der Waals surface area contributed by atoms with E-state index in [0.717, 1.165) is 51.3 Å². The van der Waals surface area contributed by atoms with Crippen molar-refractivity contribution in [1.29, 1.82) is 0 Å². The normalized spacial score (nSPS) is 17.0. The Morgan fingerprint density at radius 1 is 0.902 bits per heavy atom. The van der Waals surface area contributed by atoms with Crippen LogP contribution in [0.2, 0.25) is 0 Å². The summed E-state index contributed by atoms with van der Waals surface area (Å²) in [4.78, 5) is 27.8. The van der Waals surface area contributed by atoms with Crippen molar-refractivity contribution in [3.63, 3.8) is 0 Å². The highest BCUT2D eigenvalue weighted by molar-refractivity contribution is 5.73. The van der Waals surface area contributed by atoms with Crippen molar-refractivity contribution in [2.45, 2.75) is 43.8 Å². The molecule has 3 aromatic rings. The maximum absolute atomic E-state index is 10.6. The van der Waals surface area contributed by atoms with E-state index in [9.17, 15) is 26.3 Å². The molecule has 0 unspecified atom stereocenters. The largest absolute Gasteiger partial charge is 0.490 e. The SMILES string of the molecule is CN1CCn2c(-c3ccccc3)cnc2C12CCN(Cc1ccco1)CC2.O=C(O)C(F)(F)F.O=C(O)C(F)(F)F. The van der Waals surface area contributed by atoms with E-state index in [0.29, 0.717) is 0 Å². The first kappa shape index (κ1) is 31.7. The highest BCUT2D eigenvalue weighted by Gasteiger charge is 2.45. The maximum atomic E-state index is 10.6. The van der Waals surface area contributed by atoms with Gasteiger partial charge in [0.05, 0.1) is 30.2 Å². The minimum Gasteiger partial charge on any atom is -0.475 e. The number of carboxylic acids is 2. The Labute approximate surface area is 230 Å². The number of carboxylic acid groups (broad SMARTS) is 2. The van der Waals surface area contributed by atoms with Gasteiger partial charge in [-0.05, 0) is 37.6 Å². The number of aromatic nitrogens is 2. The number of benzene rings is 1. The molecule has 0 amide bonds. The number of imidazole rings is 1. The molecule has 0 atom stereocenters. The molecule has 1 fully saturated rings. The number of likely N-dealkylation sites (N-methyl/N-ethyl adjacent to an activating group) is 1. The summed E-state index contributed by atoms with van der Waals surface area (Å²) in [5.41, 5.74) is 2.55. The molecule has 0 saturated carbocycles. The lowest BCUT2D eigenvalue weighted by Gasteiger charge is -2.49. The number of piperidine rings is 1. The zero-order chi connectivity index (χ0) is 30.4. The molecule has 2 aliphatic rings. The summed E-state index contributed by atoms with van der Waals surface area (Å²) in [7, 11) is 2.27. The van der Waals surface area contributed by atoms with Crippen LogP contribution in [0, 0.1) is 0 Å². The number of nitrogens with zero attached hydrogens (tertiary/aromatic N) is 4. The number of aliphatic carboxylic acids is 2. The molecule has 1 spiro atoms. The van der Waals surface area contributed by atoms with Gasteiger partial charge in [-0.1, -0.05) is 30.3 Å². The molecule has 2 aromatic heterocycles. The van der Waals surface area contributed by atoms with E-state index in [2.05, 4.69) is 64.0 Å². The molecule has 15 heteroatoms. The second-order valence-corrected chi connectivity index (χ2v) is 9.40. The molecule has 1 saturated heterocycles. The fraction of sp³-hybridized carbons (Fsp3) is 0.423. The molecule has 2 aliphatic heterocycles. The Morgan fingerprint density at radius 2 is 1.46 bits per heavy atom. The van der Waals surface area contributed by atoms with Crippen molar-refractivity contribution in [1.82, 2.24) is 19.4 Å². The van der Waals surface area contributed by atoms with Crippen molar-refractivity contribution < 1.29 is 50.6 Å². The van der Waals surface area contributed by atoms with Crippen LogP contribution >= 0.6 is 0 Å². The zero-order valence-electron chi connectivity index (χ0n) is 21.8. The minimum absolute atomic E-state index is 0.0466. The summed E-state index contributed by atoms with van der Waals surface area (Å²) in [5.74, 6) is -3.22. The molecule has 5 rings (SSSR count). The first-order valence-electron chi connectivity index (χ1n) is 12.3. The summed E-state index contributed by atoms with van der Waals surface area (Å²) in [6.07, 6.45) is -4.12. The summed E-state index contributed by atoms with van der Waals surface area (Å²) < 4.78 is 71.5. The molecule has 4 heterocycles. The highest BCUT2D eigenvalue weighted by atomic mass is 19.4. The Morgan fingerprint density at radius 3 is 1.95 bits per heavy atom. The minimum atomic E-state index is -5.08. The lowest BCUT2D eigenvalue weighted by atomic mass is 9.83. The van der Waals surface area contributed by atoms with Crippen LogP contribution in [0.1, 0.15) is 24.4 Å². The number of halogens is 6. The third-order valence-electron chi connectivity index (χ3n) is 6.86. The Bertz CT molecular complexity index is 1260. The van der Waals surface area contributed by atoms with Crippen molar-refractivity contribution in [3.8, 4) is 11.3 Å². The number of hydrogen-bond donors (Lipinski definition) is 2. The maximum Gasteiger partial charge on any atom is 0.490 e. The summed E-state index contributed by atoms with van der Waals surface area (Å²) in [6.45, 7) is 5.11. The van der Waals surface area contributed by atoms with Gasteiger partial charge in [0.25, 0.3) is 0 Å². The highest BCUT2D eigenvalue weighted by Crippen LogP contribution is 2.41. The third-order valence-corrected chi connectivity index (χ3v) is 6.86. The van der Waals surface area contributed by atoms with E-state index >= 15 is 0 Å². The molecule has 41 heavy (non-hydrogen) atoms. The van der Waals surface area contributed by atoms with Crippen LogP contribution in [0.25, 0.3) is 11.3 Å². The fourth-order valence-electron chi connectivity index (χ4n) is 4.76. The van der Waals surface area contributed by atoms with Gasteiger partial charge in [-0.15, -0.1) is 0 Å². The van der Waals surface area contributed by atoms with E-state index in [1.165, 1.54) is 17.1 Å². The average Bonchev–Trinajstić information content (AvgIpc) is 3.58. The van der Waals surface area contributed by atoms with Crippen LogP contribution in [0.15, 0.2) is 59.3 Å². The molecular formula is C26H28F6N4O5. The first-order chi connectivity index (χ1) is 19.1. The van der Waals surface area contributed by atoms with Crippen molar-refractivity contribution in [2.75, 3.05) is 26.7 Å². The monoisotopic (exact) mass is 590 g/mol. The van der Waals surface area contributed by atoms with Gasteiger partial charge in [-0.3, -0.25) is 9.80 Å². The zero-order valence-corrected chi connectivity index (χ0v) is 21.8. The molecule has 9 nitrogen and oxygen atoms in total. The van der Waals surface area contributed by atoms with Crippen molar-refractivity contribution in [3.05, 3.63) is 66.5 Å². The summed E-state index contributed by atoms with van der Waals surface area (Å²) in [5, 5.41) is 14.2. The first-order valence-corrected chi connectivity index (χ1v) is 12.3. The number of fused-ring (bicyclic) bond motifs is 2. The summed E-state index contributed by atoms with van der Waals surface area (Å²) >= 11 is 0. The van der Waals surface area contributed by atoms with E-state index < -0.39 is 24.3 Å². The van der Waals surface area contributed by atoms with Gasteiger partial charge in [0.15, 0.2) is 0 Å². The van der Waals surface area contributed by atoms with Crippen molar-refractivity contribution >= 4 is 11.9 Å². The van der Waals surface area contributed by atoms with Gasteiger partial charge < -0.3 is 19.2 Å². The van der Waals surface area contributed by atoms with Crippen molar-refractivity contribution in [2.24, 2.45) is 0 Å². The van der Waals surface area contributed by atoms with Crippen LogP contribution in [0.3, 0.4) is 0 Å². The Hall–Kier alpha value is -3.85. The van der Waals surface area contributed by atoms with E-state index in [1.807, 2.05) is 6.07 Å².